The third-order valence-corrected chi connectivity index (χ3v) is 5.83. The Labute approximate surface area is 154 Å². The van der Waals surface area contributed by atoms with Gasteiger partial charge in [-0.3, -0.25) is 4.79 Å². The zero-order chi connectivity index (χ0) is 18.3. The summed E-state index contributed by atoms with van der Waals surface area (Å²) in [6.45, 7) is 6.09. The van der Waals surface area contributed by atoms with Gasteiger partial charge in [0, 0.05) is 48.1 Å². The first-order chi connectivity index (χ1) is 12.5. The average molecular weight is 353 g/mol. The Kier molecular flexibility index (Phi) is 4.60. The van der Waals surface area contributed by atoms with Crippen molar-refractivity contribution >= 4 is 22.4 Å². The molecule has 26 heavy (non-hydrogen) atoms. The van der Waals surface area contributed by atoms with Gasteiger partial charge in [-0.15, -0.1) is 0 Å². The van der Waals surface area contributed by atoms with Crippen LogP contribution in [0.5, 0.6) is 0 Å². The Bertz CT molecular complexity index is 908. The smallest absolute Gasteiger partial charge is 0.336 e. The molecule has 1 aromatic heterocycles. The van der Waals surface area contributed by atoms with Crippen molar-refractivity contribution in [2.75, 3.05) is 18.0 Å². The van der Waals surface area contributed by atoms with Crippen molar-refractivity contribution in [1.29, 1.82) is 0 Å². The van der Waals surface area contributed by atoms with Crippen LogP contribution in [0.25, 0.3) is 11.0 Å². The summed E-state index contributed by atoms with van der Waals surface area (Å²) in [4.78, 5) is 26.6. The summed E-state index contributed by atoms with van der Waals surface area (Å²) >= 11 is 0. The maximum atomic E-state index is 12.2. The molecule has 2 aliphatic rings. The number of ketones is 1. The maximum absolute atomic E-state index is 12.2. The molecule has 0 unspecified atom stereocenters. The van der Waals surface area contributed by atoms with Crippen LogP contribution >= 0.6 is 0 Å². The van der Waals surface area contributed by atoms with Gasteiger partial charge in [-0.05, 0) is 55.7 Å². The lowest BCUT2D eigenvalue weighted by atomic mass is 9.88. The molecule has 0 amide bonds. The maximum Gasteiger partial charge on any atom is 0.336 e. The molecule has 0 bridgehead atoms. The fourth-order valence-electron chi connectivity index (χ4n) is 4.48. The molecule has 2 aromatic rings. The fraction of sp³-hybridized carbons (Fsp3) is 0.545. The molecule has 0 radical (unpaired) electrons. The second-order valence-electron chi connectivity index (χ2n) is 8.00. The SMILES string of the molecule is CC(C)C(=O)CCCc1cc(=O)oc2c3c4c(cc12)CCCN4CCC3. The quantitative estimate of drug-likeness (QED) is 0.761. The number of rotatable bonds is 5. The topological polar surface area (TPSA) is 50.5 Å². The van der Waals surface area contributed by atoms with Crippen LogP contribution in [-0.4, -0.2) is 18.9 Å². The first-order valence-corrected chi connectivity index (χ1v) is 9.93. The van der Waals surface area contributed by atoms with Crippen molar-refractivity contribution in [2.24, 2.45) is 5.92 Å². The van der Waals surface area contributed by atoms with Crippen LogP contribution in [0.2, 0.25) is 0 Å². The second kappa shape index (κ2) is 6.90. The number of nitrogens with zero attached hydrogens (tertiary/aromatic N) is 1. The summed E-state index contributed by atoms with van der Waals surface area (Å²) in [5, 5.41) is 1.08. The Morgan fingerprint density at radius 3 is 2.73 bits per heavy atom. The Balaban J connectivity index is 1.75. The monoisotopic (exact) mass is 353 g/mol. The predicted molar refractivity (Wildman–Crippen MR) is 104 cm³/mol. The van der Waals surface area contributed by atoms with Crippen molar-refractivity contribution in [3.05, 3.63) is 39.2 Å². The van der Waals surface area contributed by atoms with E-state index in [0.717, 1.165) is 61.7 Å². The largest absolute Gasteiger partial charge is 0.422 e. The first-order valence-electron chi connectivity index (χ1n) is 9.93. The van der Waals surface area contributed by atoms with Gasteiger partial charge in [0.25, 0.3) is 0 Å². The standard InChI is InChI=1S/C22H27NO3/c1-14(2)19(24)9-3-6-15-13-20(25)26-22-17-8-5-11-23-10-4-7-16(21(17)23)12-18(15)22/h12-14H,3-11H2,1-2H3. The van der Waals surface area contributed by atoms with Crippen molar-refractivity contribution in [3.63, 3.8) is 0 Å². The van der Waals surface area contributed by atoms with Gasteiger partial charge >= 0.3 is 5.63 Å². The van der Waals surface area contributed by atoms with E-state index < -0.39 is 0 Å². The number of hydrogen-bond acceptors (Lipinski definition) is 4. The van der Waals surface area contributed by atoms with Gasteiger partial charge in [0.05, 0.1) is 0 Å². The van der Waals surface area contributed by atoms with E-state index in [0.29, 0.717) is 12.2 Å². The van der Waals surface area contributed by atoms with E-state index in [1.54, 1.807) is 6.07 Å². The highest BCUT2D eigenvalue weighted by atomic mass is 16.4. The molecule has 4 rings (SSSR count). The van der Waals surface area contributed by atoms with Crippen molar-refractivity contribution in [1.82, 2.24) is 0 Å². The van der Waals surface area contributed by atoms with E-state index in [-0.39, 0.29) is 11.5 Å². The highest BCUT2D eigenvalue weighted by molar-refractivity contribution is 5.90. The number of benzene rings is 1. The zero-order valence-corrected chi connectivity index (χ0v) is 15.8. The van der Waals surface area contributed by atoms with Gasteiger partial charge in [0.2, 0.25) is 0 Å². The van der Waals surface area contributed by atoms with E-state index in [2.05, 4.69) is 11.0 Å². The molecule has 0 saturated heterocycles. The number of hydrogen-bond donors (Lipinski definition) is 0. The Morgan fingerprint density at radius 2 is 1.96 bits per heavy atom. The Hall–Kier alpha value is -2.10. The summed E-state index contributed by atoms with van der Waals surface area (Å²) in [5.74, 6) is 0.371. The first kappa shape index (κ1) is 17.3. The number of carbonyl (C=O) groups is 1. The molecular weight excluding hydrogens is 326 g/mol. The van der Waals surface area contributed by atoms with Gasteiger partial charge in [-0.2, -0.15) is 0 Å². The van der Waals surface area contributed by atoms with Crippen LogP contribution in [0.1, 0.15) is 56.2 Å². The van der Waals surface area contributed by atoms with Gasteiger partial charge in [0.1, 0.15) is 11.4 Å². The minimum absolute atomic E-state index is 0.0788. The van der Waals surface area contributed by atoms with E-state index in [4.69, 9.17) is 4.42 Å². The molecule has 2 aliphatic heterocycles. The Morgan fingerprint density at radius 1 is 1.19 bits per heavy atom. The third kappa shape index (κ3) is 3.06. The molecular formula is C22H27NO3. The van der Waals surface area contributed by atoms with Crippen LogP contribution in [0.4, 0.5) is 5.69 Å². The number of aryl methyl sites for hydroxylation is 3. The molecule has 0 fully saturated rings. The molecule has 0 atom stereocenters. The second-order valence-corrected chi connectivity index (χ2v) is 8.00. The summed E-state index contributed by atoms with van der Waals surface area (Å²) in [6.07, 6.45) is 6.49. The van der Waals surface area contributed by atoms with Crippen LogP contribution in [-0.2, 0) is 24.1 Å². The van der Waals surface area contributed by atoms with Gasteiger partial charge in [-0.25, -0.2) is 4.79 Å². The van der Waals surface area contributed by atoms with E-state index in [9.17, 15) is 9.59 Å². The molecule has 3 heterocycles. The number of Topliss-reactive ketones (excluding diaryl/α,β-unsaturated/α-hetero) is 1. The lowest BCUT2D eigenvalue weighted by molar-refractivity contribution is -0.121. The van der Waals surface area contributed by atoms with Gasteiger partial charge in [-0.1, -0.05) is 13.8 Å². The predicted octanol–water partition coefficient (Wildman–Crippen LogP) is 4.04. The minimum Gasteiger partial charge on any atom is -0.422 e. The van der Waals surface area contributed by atoms with E-state index >= 15 is 0 Å². The normalized spacial score (nSPS) is 16.2. The number of fused-ring (bicyclic) bond motifs is 2. The van der Waals surface area contributed by atoms with Crippen LogP contribution in [0.3, 0.4) is 0 Å². The average Bonchev–Trinajstić information content (AvgIpc) is 2.62. The van der Waals surface area contributed by atoms with Crippen molar-refractivity contribution in [2.45, 2.75) is 58.8 Å². The lowest BCUT2D eigenvalue weighted by Gasteiger charge is -2.37. The third-order valence-electron chi connectivity index (χ3n) is 5.83. The molecule has 4 nitrogen and oxygen atoms in total. The molecule has 138 valence electrons. The summed E-state index contributed by atoms with van der Waals surface area (Å²) in [6, 6.07) is 3.87. The molecule has 0 spiro atoms. The minimum atomic E-state index is -0.271. The van der Waals surface area contributed by atoms with Crippen LogP contribution in [0.15, 0.2) is 21.3 Å². The van der Waals surface area contributed by atoms with Crippen LogP contribution < -0.4 is 10.5 Å². The van der Waals surface area contributed by atoms with Gasteiger partial charge in [0.15, 0.2) is 0 Å². The number of carbonyl (C=O) groups excluding carboxylic acids is 1. The van der Waals surface area contributed by atoms with E-state index in [1.807, 2.05) is 13.8 Å². The highest BCUT2D eigenvalue weighted by Crippen LogP contribution is 2.40. The fourth-order valence-corrected chi connectivity index (χ4v) is 4.48. The zero-order valence-electron chi connectivity index (χ0n) is 15.8. The number of anilines is 1. The summed E-state index contributed by atoms with van der Waals surface area (Å²) in [5.41, 5.74) is 5.49. The molecule has 0 N–H and O–H groups in total. The van der Waals surface area contributed by atoms with Crippen molar-refractivity contribution in [3.8, 4) is 0 Å². The van der Waals surface area contributed by atoms with Crippen molar-refractivity contribution < 1.29 is 9.21 Å². The summed E-state index contributed by atoms with van der Waals surface area (Å²) in [7, 11) is 0. The highest BCUT2D eigenvalue weighted by Gasteiger charge is 2.27. The molecule has 0 saturated carbocycles. The lowest BCUT2D eigenvalue weighted by Crippen LogP contribution is -2.34. The van der Waals surface area contributed by atoms with Crippen LogP contribution in [0, 0.1) is 5.92 Å². The molecule has 4 heteroatoms. The molecule has 1 aromatic carbocycles. The van der Waals surface area contributed by atoms with Gasteiger partial charge < -0.3 is 9.32 Å². The van der Waals surface area contributed by atoms with E-state index in [1.165, 1.54) is 23.2 Å². The molecule has 0 aliphatic carbocycles. The summed E-state index contributed by atoms with van der Waals surface area (Å²) < 4.78 is 5.69.